The molecule has 0 saturated carbocycles. The maximum absolute atomic E-state index is 10.7. The van der Waals surface area contributed by atoms with Gasteiger partial charge in [-0.3, -0.25) is 4.90 Å². The average Bonchev–Trinajstić information content (AvgIpc) is 2.62. The second kappa shape index (κ2) is 6.18. The standard InChI is InChI=1S/C8H13N.CHF3O3S/c1-3-8-6-5-7-9(8)4-2;2-1(3,4)8(5,6)7/h5-7H,3-4H2,1-2H3;(H,5,6,7). The quantitative estimate of drug-likeness (QED) is 0.597. The van der Waals surface area contributed by atoms with Crippen LogP contribution < -0.4 is 4.90 Å². The van der Waals surface area contributed by atoms with Crippen LogP contribution in [0.25, 0.3) is 0 Å². The molecule has 0 aromatic rings. The van der Waals surface area contributed by atoms with Gasteiger partial charge in [0.05, 0.1) is 12.7 Å². The molecule has 1 heterocycles. The molecule has 0 spiro atoms. The molecule has 1 aliphatic heterocycles. The van der Waals surface area contributed by atoms with Gasteiger partial charge in [-0.1, -0.05) is 6.92 Å². The minimum absolute atomic E-state index is 1.18. The minimum Gasteiger partial charge on any atom is -0.741 e. The van der Waals surface area contributed by atoms with Crippen molar-refractivity contribution in [2.24, 2.45) is 0 Å². The fourth-order valence-corrected chi connectivity index (χ4v) is 1.18. The number of quaternary nitrogens is 1. The van der Waals surface area contributed by atoms with Gasteiger partial charge in [-0.05, 0) is 13.0 Å². The molecule has 0 aliphatic carbocycles. The molecule has 0 bridgehead atoms. The first-order chi connectivity index (χ1) is 7.63. The Labute approximate surface area is 98.2 Å². The average molecular weight is 273 g/mol. The lowest BCUT2D eigenvalue weighted by Crippen LogP contribution is -3.04. The summed E-state index contributed by atoms with van der Waals surface area (Å²) in [7, 11) is -6.09. The molecular weight excluding hydrogens is 259 g/mol. The van der Waals surface area contributed by atoms with E-state index in [-0.39, 0.29) is 0 Å². The van der Waals surface area contributed by atoms with E-state index < -0.39 is 15.6 Å². The Hall–Kier alpha value is -0.860. The van der Waals surface area contributed by atoms with Gasteiger partial charge in [0.25, 0.3) is 0 Å². The molecule has 1 atom stereocenters. The van der Waals surface area contributed by atoms with E-state index in [2.05, 4.69) is 32.2 Å². The van der Waals surface area contributed by atoms with Crippen molar-refractivity contribution < 1.29 is 31.0 Å². The van der Waals surface area contributed by atoms with E-state index in [4.69, 9.17) is 13.0 Å². The smallest absolute Gasteiger partial charge is 0.485 e. The third-order valence-electron chi connectivity index (χ3n) is 2.05. The van der Waals surface area contributed by atoms with Crippen molar-refractivity contribution in [3.8, 4) is 0 Å². The summed E-state index contributed by atoms with van der Waals surface area (Å²) < 4.78 is 58.9. The van der Waals surface area contributed by atoms with Crippen LogP contribution >= 0.6 is 0 Å². The summed E-state index contributed by atoms with van der Waals surface area (Å²) in [4.78, 5) is 1.51. The van der Waals surface area contributed by atoms with Gasteiger partial charge in [0, 0.05) is 12.5 Å². The van der Waals surface area contributed by atoms with Gasteiger partial charge in [-0.2, -0.15) is 13.2 Å². The highest BCUT2D eigenvalue weighted by Crippen LogP contribution is 2.20. The van der Waals surface area contributed by atoms with Crippen LogP contribution in [-0.2, 0) is 10.1 Å². The Balaban J connectivity index is 0.000000304. The van der Waals surface area contributed by atoms with Crippen molar-refractivity contribution >= 4 is 10.1 Å². The van der Waals surface area contributed by atoms with Crippen molar-refractivity contribution in [1.82, 2.24) is 0 Å². The van der Waals surface area contributed by atoms with Crippen LogP contribution in [-0.4, -0.2) is 25.0 Å². The Morgan fingerprint density at radius 1 is 1.35 bits per heavy atom. The molecule has 1 aliphatic rings. The lowest BCUT2D eigenvalue weighted by molar-refractivity contribution is -0.801. The molecule has 0 saturated heterocycles. The first-order valence-corrected chi connectivity index (χ1v) is 6.29. The zero-order valence-electron chi connectivity index (χ0n) is 9.41. The normalized spacial score (nSPS) is 19.6. The third kappa shape index (κ3) is 5.33. The molecule has 4 nitrogen and oxygen atoms in total. The number of halogens is 3. The number of allylic oxidation sites excluding steroid dienone is 3. The molecule has 17 heavy (non-hydrogen) atoms. The molecule has 8 heteroatoms. The highest BCUT2D eigenvalue weighted by molar-refractivity contribution is 7.86. The van der Waals surface area contributed by atoms with E-state index in [1.165, 1.54) is 23.6 Å². The molecule has 100 valence electrons. The number of nitrogens with one attached hydrogen (secondary N) is 1. The Morgan fingerprint density at radius 2 is 1.82 bits per heavy atom. The molecule has 1 unspecified atom stereocenters. The highest BCUT2D eigenvalue weighted by Gasteiger charge is 2.36. The lowest BCUT2D eigenvalue weighted by atomic mass is 10.3. The Morgan fingerprint density at radius 3 is 2.06 bits per heavy atom. The molecule has 0 amide bonds. The van der Waals surface area contributed by atoms with Crippen LogP contribution in [0.4, 0.5) is 13.2 Å². The van der Waals surface area contributed by atoms with E-state index >= 15 is 0 Å². The van der Waals surface area contributed by atoms with Gasteiger partial charge < -0.3 is 4.55 Å². The number of hydrogen-bond acceptors (Lipinski definition) is 3. The summed E-state index contributed by atoms with van der Waals surface area (Å²) in [5, 5.41) is 0. The van der Waals surface area contributed by atoms with Crippen LogP contribution in [0, 0.1) is 0 Å². The summed E-state index contributed by atoms with van der Waals surface area (Å²) in [6.45, 7) is 5.58. The van der Waals surface area contributed by atoms with E-state index in [0.717, 1.165) is 0 Å². The van der Waals surface area contributed by atoms with Crippen LogP contribution in [0.15, 0.2) is 24.0 Å². The van der Waals surface area contributed by atoms with Crippen molar-refractivity contribution in [3.63, 3.8) is 0 Å². The molecule has 1 rings (SSSR count). The Kier molecular flexibility index (Phi) is 5.86. The van der Waals surface area contributed by atoms with E-state index in [0.29, 0.717) is 0 Å². The second-order valence-corrected chi connectivity index (χ2v) is 4.55. The van der Waals surface area contributed by atoms with Crippen molar-refractivity contribution in [2.45, 2.75) is 25.8 Å². The minimum atomic E-state index is -6.09. The molecule has 0 fully saturated rings. The van der Waals surface area contributed by atoms with E-state index in [9.17, 15) is 13.2 Å². The number of hydrogen-bond donors (Lipinski definition) is 1. The first kappa shape index (κ1) is 16.1. The second-order valence-electron chi connectivity index (χ2n) is 3.18. The fraction of sp³-hybridized carbons (Fsp3) is 0.556. The predicted octanol–water partition coefficient (Wildman–Crippen LogP) is 0.764. The van der Waals surface area contributed by atoms with Gasteiger partial charge in [0.2, 0.25) is 0 Å². The fourth-order valence-electron chi connectivity index (χ4n) is 1.18. The molecule has 0 radical (unpaired) electrons. The van der Waals surface area contributed by atoms with Crippen molar-refractivity contribution in [2.75, 3.05) is 6.54 Å². The molecule has 0 aromatic carbocycles. The maximum atomic E-state index is 10.7. The summed E-state index contributed by atoms with van der Waals surface area (Å²) >= 11 is 0. The van der Waals surface area contributed by atoms with Crippen LogP contribution in [0.2, 0.25) is 0 Å². The predicted molar refractivity (Wildman–Crippen MR) is 54.8 cm³/mol. The molecular formula is C9H14F3NO3S. The van der Waals surface area contributed by atoms with E-state index in [1.54, 1.807) is 0 Å². The first-order valence-electron chi connectivity index (χ1n) is 4.89. The van der Waals surface area contributed by atoms with Crippen molar-refractivity contribution in [1.29, 1.82) is 0 Å². The zero-order chi connectivity index (χ0) is 13.7. The summed E-state index contributed by atoms with van der Waals surface area (Å²) in [6.07, 6.45) is 7.73. The number of rotatable bonds is 2. The zero-order valence-corrected chi connectivity index (χ0v) is 10.2. The number of alkyl halides is 3. The van der Waals surface area contributed by atoms with Gasteiger partial charge in [0.1, 0.15) is 5.70 Å². The van der Waals surface area contributed by atoms with Gasteiger partial charge >= 0.3 is 5.51 Å². The largest absolute Gasteiger partial charge is 0.741 e. The Bertz CT molecular complexity index is 398. The van der Waals surface area contributed by atoms with Crippen LogP contribution in [0.3, 0.4) is 0 Å². The molecule has 0 aromatic heterocycles. The summed E-state index contributed by atoms with van der Waals surface area (Å²) in [5.41, 5.74) is -4.13. The maximum Gasteiger partial charge on any atom is 0.485 e. The van der Waals surface area contributed by atoms with E-state index in [1.807, 2.05) is 0 Å². The van der Waals surface area contributed by atoms with Crippen molar-refractivity contribution in [3.05, 3.63) is 24.0 Å². The monoisotopic (exact) mass is 273 g/mol. The lowest BCUT2D eigenvalue weighted by Gasteiger charge is -2.08. The van der Waals surface area contributed by atoms with Gasteiger partial charge in [-0.25, -0.2) is 8.42 Å². The van der Waals surface area contributed by atoms with Crippen LogP contribution in [0.5, 0.6) is 0 Å². The summed E-state index contributed by atoms with van der Waals surface area (Å²) in [5.74, 6) is 0. The topological polar surface area (TPSA) is 61.6 Å². The SMILES string of the molecule is CCC1=CC=C[NH+]1CC.O=S(=O)([O-])C(F)(F)F. The third-order valence-corrected chi connectivity index (χ3v) is 2.62. The van der Waals surface area contributed by atoms with Gasteiger partial charge in [0.15, 0.2) is 10.1 Å². The molecule has 1 N–H and O–H groups in total. The highest BCUT2D eigenvalue weighted by atomic mass is 32.2. The van der Waals surface area contributed by atoms with Crippen LogP contribution in [0.1, 0.15) is 20.3 Å². The van der Waals surface area contributed by atoms with Gasteiger partial charge in [-0.15, -0.1) is 0 Å². The summed E-state index contributed by atoms with van der Waals surface area (Å²) in [6, 6.07) is 0.